The van der Waals surface area contributed by atoms with Gasteiger partial charge in [0.2, 0.25) is 0 Å². The number of carboxylic acid groups (broad SMARTS) is 1. The van der Waals surface area contributed by atoms with E-state index in [1.165, 1.54) is 12.1 Å². The van der Waals surface area contributed by atoms with Crippen molar-refractivity contribution in [2.75, 3.05) is 6.54 Å². The van der Waals surface area contributed by atoms with E-state index in [9.17, 15) is 9.18 Å². The Hall–Kier alpha value is -1.42. The molecule has 0 aliphatic heterocycles. The Morgan fingerprint density at radius 3 is 2.54 bits per heavy atom. The Morgan fingerprint density at radius 2 is 2.00 bits per heavy atom. The molecule has 0 spiro atoms. The minimum absolute atomic E-state index is 0.0859. The van der Waals surface area contributed by atoms with Crippen LogP contribution in [-0.4, -0.2) is 17.6 Å². The third kappa shape index (κ3) is 3.66. The molecule has 4 heteroatoms. The Bertz CT molecular complexity index is 284. The summed E-state index contributed by atoms with van der Waals surface area (Å²) in [5, 5.41) is 11.0. The first-order valence-corrected chi connectivity index (χ1v) is 3.85. The van der Waals surface area contributed by atoms with Crippen molar-refractivity contribution in [3.8, 4) is 0 Å². The highest BCUT2D eigenvalue weighted by Crippen LogP contribution is 2.01. The van der Waals surface area contributed by atoms with Crippen LogP contribution >= 0.6 is 0 Å². The van der Waals surface area contributed by atoms with E-state index in [0.29, 0.717) is 6.54 Å². The molecule has 0 unspecified atom stereocenters. The van der Waals surface area contributed by atoms with Crippen LogP contribution in [0.4, 0.5) is 4.39 Å². The van der Waals surface area contributed by atoms with Crippen molar-refractivity contribution in [2.45, 2.75) is 6.54 Å². The van der Waals surface area contributed by atoms with Crippen molar-refractivity contribution in [3.05, 3.63) is 35.6 Å². The third-order valence-corrected chi connectivity index (χ3v) is 1.52. The van der Waals surface area contributed by atoms with Gasteiger partial charge in [-0.05, 0) is 17.7 Å². The second-order valence-electron chi connectivity index (χ2n) is 2.62. The predicted octanol–water partition coefficient (Wildman–Crippen LogP) is 1.000. The van der Waals surface area contributed by atoms with E-state index in [1.54, 1.807) is 12.1 Å². The molecule has 0 atom stereocenters. The Labute approximate surface area is 75.2 Å². The van der Waals surface area contributed by atoms with E-state index < -0.39 is 5.97 Å². The molecule has 0 aliphatic rings. The molecule has 1 aromatic carbocycles. The van der Waals surface area contributed by atoms with Gasteiger partial charge in [-0.1, -0.05) is 12.1 Å². The van der Waals surface area contributed by atoms with Crippen LogP contribution < -0.4 is 5.32 Å². The molecular weight excluding hydrogens is 173 g/mol. The van der Waals surface area contributed by atoms with Gasteiger partial charge < -0.3 is 10.4 Å². The van der Waals surface area contributed by atoms with Gasteiger partial charge in [-0.15, -0.1) is 0 Å². The Balaban J connectivity index is 2.37. The summed E-state index contributed by atoms with van der Waals surface area (Å²) in [7, 11) is 0. The van der Waals surface area contributed by atoms with E-state index in [1.807, 2.05) is 0 Å². The van der Waals surface area contributed by atoms with Crippen LogP contribution in [0.15, 0.2) is 24.3 Å². The van der Waals surface area contributed by atoms with Gasteiger partial charge in [0.25, 0.3) is 0 Å². The fourth-order valence-corrected chi connectivity index (χ4v) is 0.916. The van der Waals surface area contributed by atoms with E-state index in [0.717, 1.165) is 5.56 Å². The van der Waals surface area contributed by atoms with Gasteiger partial charge in [0.15, 0.2) is 0 Å². The van der Waals surface area contributed by atoms with Gasteiger partial charge in [0.1, 0.15) is 5.82 Å². The van der Waals surface area contributed by atoms with E-state index in [2.05, 4.69) is 5.32 Å². The average Bonchev–Trinajstić information content (AvgIpc) is 2.08. The Morgan fingerprint density at radius 1 is 1.38 bits per heavy atom. The van der Waals surface area contributed by atoms with Crippen molar-refractivity contribution >= 4 is 5.97 Å². The molecule has 0 radical (unpaired) electrons. The molecule has 0 heterocycles. The van der Waals surface area contributed by atoms with E-state index >= 15 is 0 Å². The lowest BCUT2D eigenvalue weighted by Gasteiger charge is -2.01. The van der Waals surface area contributed by atoms with Gasteiger partial charge in [-0.3, -0.25) is 4.79 Å². The summed E-state index contributed by atoms with van der Waals surface area (Å²) >= 11 is 0. The number of hydrogen-bond acceptors (Lipinski definition) is 2. The Kier molecular flexibility index (Phi) is 3.40. The van der Waals surface area contributed by atoms with E-state index in [-0.39, 0.29) is 12.4 Å². The van der Waals surface area contributed by atoms with Gasteiger partial charge >= 0.3 is 5.97 Å². The number of halogens is 1. The highest BCUT2D eigenvalue weighted by Gasteiger charge is 1.96. The van der Waals surface area contributed by atoms with E-state index in [4.69, 9.17) is 5.11 Å². The molecular formula is C9H10FNO2. The smallest absolute Gasteiger partial charge is 0.317 e. The predicted molar refractivity (Wildman–Crippen MR) is 45.7 cm³/mol. The first-order valence-electron chi connectivity index (χ1n) is 3.85. The molecule has 0 bridgehead atoms. The summed E-state index contributed by atoms with van der Waals surface area (Å²) in [6, 6.07) is 5.92. The van der Waals surface area contributed by atoms with Crippen molar-refractivity contribution in [1.82, 2.24) is 5.32 Å². The molecule has 0 saturated heterocycles. The largest absolute Gasteiger partial charge is 0.480 e. The lowest BCUT2D eigenvalue weighted by molar-refractivity contribution is -0.135. The highest BCUT2D eigenvalue weighted by atomic mass is 19.1. The molecule has 1 rings (SSSR count). The maximum Gasteiger partial charge on any atom is 0.317 e. The highest BCUT2D eigenvalue weighted by molar-refractivity contribution is 5.68. The average molecular weight is 183 g/mol. The standard InChI is InChI=1S/C9H10FNO2/c10-8-3-1-7(2-4-8)5-11-6-9(12)13/h1-4,11H,5-6H2,(H,12,13). The maximum atomic E-state index is 12.4. The number of carboxylic acids is 1. The molecule has 0 aliphatic carbocycles. The molecule has 2 N–H and O–H groups in total. The van der Waals surface area contributed by atoms with Crippen molar-refractivity contribution in [3.63, 3.8) is 0 Å². The number of rotatable bonds is 4. The molecule has 70 valence electrons. The molecule has 0 fully saturated rings. The first kappa shape index (κ1) is 9.67. The van der Waals surface area contributed by atoms with Crippen LogP contribution in [0.3, 0.4) is 0 Å². The normalized spacial score (nSPS) is 9.92. The third-order valence-electron chi connectivity index (χ3n) is 1.52. The number of benzene rings is 1. The minimum Gasteiger partial charge on any atom is -0.480 e. The molecule has 1 aromatic rings. The van der Waals surface area contributed by atoms with Crippen LogP contribution in [0, 0.1) is 5.82 Å². The number of nitrogens with one attached hydrogen (secondary N) is 1. The minimum atomic E-state index is -0.901. The molecule has 13 heavy (non-hydrogen) atoms. The monoisotopic (exact) mass is 183 g/mol. The lowest BCUT2D eigenvalue weighted by atomic mass is 10.2. The second kappa shape index (κ2) is 4.57. The maximum absolute atomic E-state index is 12.4. The summed E-state index contributed by atoms with van der Waals surface area (Å²) in [6.45, 7) is 0.351. The van der Waals surface area contributed by atoms with Gasteiger partial charge in [0.05, 0.1) is 6.54 Å². The van der Waals surface area contributed by atoms with Crippen LogP contribution in [0.1, 0.15) is 5.56 Å². The van der Waals surface area contributed by atoms with Crippen molar-refractivity contribution in [2.24, 2.45) is 0 Å². The fraction of sp³-hybridized carbons (Fsp3) is 0.222. The summed E-state index contributed by atoms with van der Waals surface area (Å²) in [4.78, 5) is 10.1. The molecule has 0 saturated carbocycles. The summed E-state index contributed by atoms with van der Waals surface area (Å²) in [5.41, 5.74) is 0.864. The quantitative estimate of drug-likeness (QED) is 0.732. The van der Waals surface area contributed by atoms with Crippen LogP contribution in [0.2, 0.25) is 0 Å². The van der Waals surface area contributed by atoms with Crippen LogP contribution in [-0.2, 0) is 11.3 Å². The lowest BCUT2D eigenvalue weighted by Crippen LogP contribution is -2.21. The zero-order chi connectivity index (χ0) is 9.68. The molecule has 0 aromatic heterocycles. The van der Waals surface area contributed by atoms with Crippen LogP contribution in [0.25, 0.3) is 0 Å². The summed E-state index contributed by atoms with van der Waals surface area (Å²) < 4.78 is 12.4. The SMILES string of the molecule is O=C(O)CNCc1ccc(F)cc1. The second-order valence-corrected chi connectivity index (χ2v) is 2.62. The van der Waals surface area contributed by atoms with Crippen molar-refractivity contribution < 1.29 is 14.3 Å². The topological polar surface area (TPSA) is 49.3 Å². The fourth-order valence-electron chi connectivity index (χ4n) is 0.916. The van der Waals surface area contributed by atoms with Gasteiger partial charge in [-0.2, -0.15) is 0 Å². The number of aliphatic carboxylic acids is 1. The first-order chi connectivity index (χ1) is 6.18. The molecule has 3 nitrogen and oxygen atoms in total. The van der Waals surface area contributed by atoms with Gasteiger partial charge in [0, 0.05) is 6.54 Å². The zero-order valence-electron chi connectivity index (χ0n) is 6.96. The summed E-state index contributed by atoms with van der Waals surface area (Å²) in [6.07, 6.45) is 0. The van der Waals surface area contributed by atoms with Crippen LogP contribution in [0.5, 0.6) is 0 Å². The zero-order valence-corrected chi connectivity index (χ0v) is 6.96. The van der Waals surface area contributed by atoms with Crippen molar-refractivity contribution in [1.29, 1.82) is 0 Å². The molecule has 0 amide bonds. The summed E-state index contributed by atoms with van der Waals surface area (Å²) in [5.74, 6) is -1.19. The number of carbonyl (C=O) groups is 1. The van der Waals surface area contributed by atoms with Gasteiger partial charge in [-0.25, -0.2) is 4.39 Å². The number of hydrogen-bond donors (Lipinski definition) is 2.